The normalized spacial score (nSPS) is 28.6. The molecule has 1 atom stereocenters. The molecule has 1 heterocycles. The second kappa shape index (κ2) is 8.26. The number of ether oxygens (including phenoxy) is 1. The van der Waals surface area contributed by atoms with Crippen LogP contribution < -0.4 is 0 Å². The van der Waals surface area contributed by atoms with E-state index >= 15 is 0 Å². The van der Waals surface area contributed by atoms with Crippen LogP contribution in [0.4, 0.5) is 0 Å². The van der Waals surface area contributed by atoms with E-state index in [4.69, 9.17) is 4.74 Å². The second-order valence-corrected chi connectivity index (χ2v) is 11.3. The molecule has 1 aliphatic heterocycles. The first-order chi connectivity index (χ1) is 14.6. The molecule has 168 valence electrons. The van der Waals surface area contributed by atoms with Gasteiger partial charge in [-0.15, -0.1) is 0 Å². The summed E-state index contributed by atoms with van der Waals surface area (Å²) in [6.07, 6.45) is 9.58. The van der Waals surface area contributed by atoms with Crippen LogP contribution in [0.5, 0.6) is 0 Å². The number of fused-ring (bicyclic) bond motifs is 1. The van der Waals surface area contributed by atoms with Gasteiger partial charge in [-0.25, -0.2) is 0 Å². The standard InChI is InChI=1S/C29H40O2/c1-7-8-21-13-15-29(16-14-21)26(19(2)20(3)31-29)27(30)23-10-9-22-11-12-25(28(4,5)6)18-24(22)17-23/h11-12,18,21,23H,3,7-10,13-17H2,1-2,4-6H3. The first kappa shape index (κ1) is 22.4. The van der Waals surface area contributed by atoms with Gasteiger partial charge in [-0.1, -0.05) is 65.3 Å². The molecule has 2 aliphatic carbocycles. The summed E-state index contributed by atoms with van der Waals surface area (Å²) in [5, 5.41) is 0. The molecule has 1 aromatic rings. The summed E-state index contributed by atoms with van der Waals surface area (Å²) < 4.78 is 6.40. The highest BCUT2D eigenvalue weighted by Gasteiger charge is 2.49. The summed E-state index contributed by atoms with van der Waals surface area (Å²) in [5.41, 5.74) is 5.84. The van der Waals surface area contributed by atoms with Gasteiger partial charge >= 0.3 is 0 Å². The van der Waals surface area contributed by atoms with Gasteiger partial charge in [0.25, 0.3) is 0 Å². The molecule has 4 rings (SSSR count). The SMILES string of the molecule is C=C1OC2(CCC(CCC)CC2)C(C(=O)C2CCc3ccc(C(C)(C)C)cc3C2)=C1C. The van der Waals surface area contributed by atoms with E-state index < -0.39 is 5.60 Å². The van der Waals surface area contributed by atoms with E-state index in [0.717, 1.165) is 67.8 Å². The van der Waals surface area contributed by atoms with Crippen LogP contribution in [0, 0.1) is 11.8 Å². The van der Waals surface area contributed by atoms with Crippen molar-refractivity contribution in [1.82, 2.24) is 0 Å². The zero-order valence-corrected chi connectivity index (χ0v) is 20.3. The predicted molar refractivity (Wildman–Crippen MR) is 128 cm³/mol. The molecule has 0 saturated heterocycles. The van der Waals surface area contributed by atoms with Crippen LogP contribution in [0.15, 0.2) is 41.7 Å². The van der Waals surface area contributed by atoms with Crippen molar-refractivity contribution in [3.63, 3.8) is 0 Å². The molecule has 0 bridgehead atoms. The van der Waals surface area contributed by atoms with Gasteiger partial charge in [-0.05, 0) is 79.9 Å². The molecule has 0 aromatic heterocycles. The molecule has 1 unspecified atom stereocenters. The fourth-order valence-corrected chi connectivity index (χ4v) is 6.10. The maximum Gasteiger partial charge on any atom is 0.166 e. The van der Waals surface area contributed by atoms with E-state index in [1.807, 2.05) is 0 Å². The van der Waals surface area contributed by atoms with Crippen molar-refractivity contribution in [3.8, 4) is 0 Å². The number of ketones is 1. The maximum atomic E-state index is 13.9. The van der Waals surface area contributed by atoms with Crippen LogP contribution >= 0.6 is 0 Å². The Hall–Kier alpha value is -1.83. The molecule has 2 heteroatoms. The number of Topliss-reactive ketones (excluding diaryl/α,β-unsaturated/α-hetero) is 1. The highest BCUT2D eigenvalue weighted by atomic mass is 16.5. The van der Waals surface area contributed by atoms with Crippen LogP contribution in [-0.4, -0.2) is 11.4 Å². The molecule has 31 heavy (non-hydrogen) atoms. The van der Waals surface area contributed by atoms with E-state index in [1.165, 1.54) is 29.5 Å². The topological polar surface area (TPSA) is 26.3 Å². The molecule has 3 aliphatic rings. The summed E-state index contributed by atoms with van der Waals surface area (Å²) in [4.78, 5) is 13.9. The van der Waals surface area contributed by atoms with Gasteiger partial charge in [0, 0.05) is 17.1 Å². The first-order valence-electron chi connectivity index (χ1n) is 12.4. The zero-order valence-electron chi connectivity index (χ0n) is 20.3. The smallest absolute Gasteiger partial charge is 0.166 e. The van der Waals surface area contributed by atoms with Crippen LogP contribution in [0.2, 0.25) is 0 Å². The Bertz CT molecular complexity index is 903. The summed E-state index contributed by atoms with van der Waals surface area (Å²) in [5.74, 6) is 1.90. The minimum absolute atomic E-state index is 0.0624. The molecule has 1 aromatic carbocycles. The molecular formula is C29H40O2. The van der Waals surface area contributed by atoms with Gasteiger partial charge in [0.05, 0.1) is 0 Å². The number of hydrogen-bond acceptors (Lipinski definition) is 2. The third-order valence-corrected chi connectivity index (χ3v) is 8.10. The fourth-order valence-electron chi connectivity index (χ4n) is 6.10. The first-order valence-corrected chi connectivity index (χ1v) is 12.4. The van der Waals surface area contributed by atoms with E-state index in [0.29, 0.717) is 5.78 Å². The highest BCUT2D eigenvalue weighted by molar-refractivity contribution is 6.01. The van der Waals surface area contributed by atoms with Gasteiger partial charge < -0.3 is 4.74 Å². The van der Waals surface area contributed by atoms with E-state index in [-0.39, 0.29) is 11.3 Å². The summed E-state index contributed by atoms with van der Waals surface area (Å²) in [6, 6.07) is 6.91. The van der Waals surface area contributed by atoms with Crippen molar-refractivity contribution in [1.29, 1.82) is 0 Å². The van der Waals surface area contributed by atoms with Crippen molar-refractivity contribution in [2.75, 3.05) is 0 Å². The van der Waals surface area contributed by atoms with Crippen molar-refractivity contribution in [3.05, 3.63) is 58.4 Å². The number of hydrogen-bond donors (Lipinski definition) is 0. The molecular weight excluding hydrogens is 380 g/mol. The van der Waals surface area contributed by atoms with Crippen molar-refractivity contribution in [2.24, 2.45) is 11.8 Å². The summed E-state index contributed by atoms with van der Waals surface area (Å²) >= 11 is 0. The molecule has 1 spiro atoms. The Labute approximate surface area is 189 Å². The second-order valence-electron chi connectivity index (χ2n) is 11.3. The van der Waals surface area contributed by atoms with E-state index in [1.54, 1.807) is 0 Å². The summed E-state index contributed by atoms with van der Waals surface area (Å²) in [7, 11) is 0. The van der Waals surface area contributed by atoms with Crippen LogP contribution in [0.25, 0.3) is 0 Å². The average molecular weight is 421 g/mol. The lowest BCUT2D eigenvalue weighted by molar-refractivity contribution is -0.122. The monoisotopic (exact) mass is 420 g/mol. The molecule has 1 saturated carbocycles. The van der Waals surface area contributed by atoms with Gasteiger partial charge in [-0.3, -0.25) is 4.79 Å². The largest absolute Gasteiger partial charge is 0.483 e. The number of benzene rings is 1. The van der Waals surface area contributed by atoms with Crippen molar-refractivity contribution >= 4 is 5.78 Å². The fraction of sp³-hybridized carbons (Fsp3) is 0.621. The zero-order chi connectivity index (χ0) is 22.4. The predicted octanol–water partition coefficient (Wildman–Crippen LogP) is 7.25. The van der Waals surface area contributed by atoms with Crippen LogP contribution in [-0.2, 0) is 27.8 Å². The van der Waals surface area contributed by atoms with Gasteiger partial charge in [0.15, 0.2) is 5.78 Å². The van der Waals surface area contributed by atoms with Crippen molar-refractivity contribution in [2.45, 2.75) is 103 Å². The Morgan fingerprint density at radius 1 is 1.16 bits per heavy atom. The number of aryl methyl sites for hydroxylation is 1. The Morgan fingerprint density at radius 3 is 2.52 bits per heavy atom. The van der Waals surface area contributed by atoms with Crippen molar-refractivity contribution < 1.29 is 9.53 Å². The lowest BCUT2D eigenvalue weighted by Crippen LogP contribution is -2.41. The van der Waals surface area contributed by atoms with E-state index in [9.17, 15) is 4.79 Å². The third-order valence-electron chi connectivity index (χ3n) is 8.10. The maximum absolute atomic E-state index is 13.9. The quantitative estimate of drug-likeness (QED) is 0.513. The Morgan fingerprint density at radius 2 is 1.87 bits per heavy atom. The van der Waals surface area contributed by atoms with Gasteiger partial charge in [-0.2, -0.15) is 0 Å². The number of carbonyl (C=O) groups is 1. The number of rotatable bonds is 4. The molecule has 2 nitrogen and oxygen atoms in total. The lowest BCUT2D eigenvalue weighted by Gasteiger charge is -2.39. The lowest BCUT2D eigenvalue weighted by atomic mass is 9.69. The minimum atomic E-state index is -0.407. The van der Waals surface area contributed by atoms with E-state index in [2.05, 4.69) is 59.4 Å². The average Bonchev–Trinajstić information content (AvgIpc) is 2.97. The Kier molecular flexibility index (Phi) is 5.96. The van der Waals surface area contributed by atoms with Crippen LogP contribution in [0.1, 0.15) is 96.3 Å². The number of carbonyl (C=O) groups excluding carboxylic acids is 1. The number of allylic oxidation sites excluding steroid dienone is 1. The third kappa shape index (κ3) is 4.15. The molecule has 0 radical (unpaired) electrons. The minimum Gasteiger partial charge on any atom is -0.483 e. The summed E-state index contributed by atoms with van der Waals surface area (Å²) in [6.45, 7) is 15.3. The molecule has 0 N–H and O–H groups in total. The highest BCUT2D eigenvalue weighted by Crippen LogP contribution is 2.50. The van der Waals surface area contributed by atoms with Gasteiger partial charge in [0.2, 0.25) is 0 Å². The Balaban J connectivity index is 1.58. The van der Waals surface area contributed by atoms with Crippen LogP contribution in [0.3, 0.4) is 0 Å². The molecule has 1 fully saturated rings. The van der Waals surface area contributed by atoms with Gasteiger partial charge in [0.1, 0.15) is 11.4 Å². The molecule has 0 amide bonds.